The van der Waals surface area contributed by atoms with Crippen molar-refractivity contribution in [1.82, 2.24) is 20.2 Å². The molecule has 0 unspecified atom stereocenters. The molecular weight excluding hydrogens is 272 g/mol. The van der Waals surface area contributed by atoms with E-state index in [4.69, 9.17) is 9.15 Å². The number of esters is 1. The van der Waals surface area contributed by atoms with Crippen LogP contribution in [0.15, 0.2) is 59.5 Å². The Morgan fingerprint density at radius 3 is 2.76 bits per heavy atom. The maximum absolute atomic E-state index is 11.6. The average molecular weight is 282 g/mol. The van der Waals surface area contributed by atoms with Gasteiger partial charge in [-0.2, -0.15) is 0 Å². The molecule has 7 nitrogen and oxygen atoms in total. The number of benzene rings is 1. The van der Waals surface area contributed by atoms with E-state index in [0.29, 0.717) is 11.5 Å². The van der Waals surface area contributed by atoms with Crippen molar-refractivity contribution in [2.75, 3.05) is 0 Å². The maximum Gasteiger partial charge on any atom is 0.336 e. The van der Waals surface area contributed by atoms with Gasteiger partial charge in [-0.3, -0.25) is 0 Å². The first-order valence-electron chi connectivity index (χ1n) is 6.08. The zero-order valence-electron chi connectivity index (χ0n) is 10.8. The van der Waals surface area contributed by atoms with Gasteiger partial charge in [0.25, 0.3) is 0 Å². The van der Waals surface area contributed by atoms with Gasteiger partial charge in [0.2, 0.25) is 0 Å². The average Bonchev–Trinajstić information content (AvgIpc) is 3.19. The Balaban J connectivity index is 1.64. The minimum Gasteiger partial charge on any atom is -0.465 e. The van der Waals surface area contributed by atoms with Gasteiger partial charge in [-0.05, 0) is 52.9 Å². The number of nitrogens with zero attached hydrogens (tertiary/aromatic N) is 4. The molecular formula is C14H10N4O3. The van der Waals surface area contributed by atoms with Crippen molar-refractivity contribution in [3.63, 3.8) is 0 Å². The predicted octanol–water partition coefficient (Wildman–Crippen LogP) is 1.87. The molecule has 3 rings (SSSR count). The first-order chi connectivity index (χ1) is 10.3. The molecule has 0 amide bonds. The van der Waals surface area contributed by atoms with Crippen LogP contribution in [0.3, 0.4) is 0 Å². The van der Waals surface area contributed by atoms with Gasteiger partial charge in [0, 0.05) is 6.08 Å². The zero-order chi connectivity index (χ0) is 14.5. The van der Waals surface area contributed by atoms with Gasteiger partial charge < -0.3 is 9.15 Å². The molecule has 0 spiro atoms. The zero-order valence-corrected chi connectivity index (χ0v) is 10.8. The van der Waals surface area contributed by atoms with Crippen molar-refractivity contribution < 1.29 is 13.9 Å². The minimum atomic E-state index is -0.485. The Morgan fingerprint density at radius 2 is 2.10 bits per heavy atom. The number of aromatic nitrogens is 4. The SMILES string of the molecule is O=C(/C=C/c1ccco1)Oc1ccc(-n2cnnn2)cc1. The number of hydrogen-bond acceptors (Lipinski definition) is 6. The fourth-order valence-corrected chi connectivity index (χ4v) is 1.63. The maximum atomic E-state index is 11.6. The highest BCUT2D eigenvalue weighted by Gasteiger charge is 2.02. The standard InChI is InChI=1S/C14H10N4O3/c19-14(8-7-12-2-1-9-20-12)21-13-5-3-11(4-6-13)18-10-15-16-17-18/h1-10H/b8-7+. The number of carbonyl (C=O) groups excluding carboxylic acids is 1. The van der Waals surface area contributed by atoms with Crippen LogP contribution in [0.5, 0.6) is 5.75 Å². The molecule has 0 saturated carbocycles. The molecule has 7 heteroatoms. The van der Waals surface area contributed by atoms with Crippen molar-refractivity contribution in [2.45, 2.75) is 0 Å². The smallest absolute Gasteiger partial charge is 0.336 e. The molecule has 2 heterocycles. The Labute approximate surface area is 119 Å². The lowest BCUT2D eigenvalue weighted by atomic mass is 10.3. The Kier molecular flexibility index (Phi) is 3.55. The minimum absolute atomic E-state index is 0.431. The Hall–Kier alpha value is -3.22. The molecule has 0 saturated heterocycles. The summed E-state index contributed by atoms with van der Waals surface area (Å²) in [7, 11) is 0. The first-order valence-corrected chi connectivity index (χ1v) is 6.08. The summed E-state index contributed by atoms with van der Waals surface area (Å²) in [5.74, 6) is 0.531. The predicted molar refractivity (Wildman–Crippen MR) is 72.5 cm³/mol. The van der Waals surface area contributed by atoms with E-state index in [2.05, 4.69) is 15.5 Å². The summed E-state index contributed by atoms with van der Waals surface area (Å²) in [6.45, 7) is 0. The van der Waals surface area contributed by atoms with Crippen molar-refractivity contribution in [2.24, 2.45) is 0 Å². The molecule has 1 aromatic carbocycles. The number of tetrazole rings is 1. The summed E-state index contributed by atoms with van der Waals surface area (Å²) in [5.41, 5.74) is 0.769. The topological polar surface area (TPSA) is 83.0 Å². The molecule has 0 aliphatic heterocycles. The lowest BCUT2D eigenvalue weighted by Gasteiger charge is -2.02. The highest BCUT2D eigenvalue weighted by molar-refractivity contribution is 5.88. The molecule has 0 aliphatic rings. The number of furan rings is 1. The van der Waals surface area contributed by atoms with Gasteiger partial charge in [-0.15, -0.1) is 5.10 Å². The molecule has 2 aromatic heterocycles. The summed E-state index contributed by atoms with van der Waals surface area (Å²) in [6.07, 6.45) is 5.85. The van der Waals surface area contributed by atoms with Crippen LogP contribution in [-0.2, 0) is 4.79 Å². The second kappa shape index (κ2) is 5.83. The third kappa shape index (κ3) is 3.21. The fraction of sp³-hybridized carbons (Fsp3) is 0. The van der Waals surface area contributed by atoms with Crippen molar-refractivity contribution in [3.05, 3.63) is 60.8 Å². The molecule has 0 atom stereocenters. The largest absolute Gasteiger partial charge is 0.465 e. The highest BCUT2D eigenvalue weighted by atomic mass is 16.5. The van der Waals surface area contributed by atoms with Gasteiger partial charge in [0.05, 0.1) is 12.0 Å². The van der Waals surface area contributed by atoms with E-state index in [-0.39, 0.29) is 0 Å². The van der Waals surface area contributed by atoms with E-state index in [1.54, 1.807) is 36.4 Å². The number of rotatable bonds is 4. The van der Waals surface area contributed by atoms with Crippen LogP contribution < -0.4 is 4.74 Å². The summed E-state index contributed by atoms with van der Waals surface area (Å²) in [6, 6.07) is 10.3. The molecule has 0 radical (unpaired) electrons. The highest BCUT2D eigenvalue weighted by Crippen LogP contribution is 2.14. The van der Waals surface area contributed by atoms with Crippen molar-refractivity contribution in [1.29, 1.82) is 0 Å². The Morgan fingerprint density at radius 1 is 1.24 bits per heavy atom. The summed E-state index contributed by atoms with van der Waals surface area (Å²) in [5, 5.41) is 10.9. The van der Waals surface area contributed by atoms with E-state index >= 15 is 0 Å². The van der Waals surface area contributed by atoms with Crippen LogP contribution in [0.4, 0.5) is 0 Å². The van der Waals surface area contributed by atoms with Crippen LogP contribution in [0, 0.1) is 0 Å². The molecule has 3 aromatic rings. The van der Waals surface area contributed by atoms with Crippen LogP contribution in [0.2, 0.25) is 0 Å². The third-order valence-corrected chi connectivity index (χ3v) is 2.60. The van der Waals surface area contributed by atoms with E-state index in [9.17, 15) is 4.79 Å². The normalized spacial score (nSPS) is 10.9. The molecule has 0 N–H and O–H groups in total. The van der Waals surface area contributed by atoms with Crippen LogP contribution >= 0.6 is 0 Å². The van der Waals surface area contributed by atoms with Crippen molar-refractivity contribution in [3.8, 4) is 11.4 Å². The second-order valence-corrected chi connectivity index (χ2v) is 4.02. The van der Waals surface area contributed by atoms with Crippen molar-refractivity contribution >= 4 is 12.0 Å². The van der Waals surface area contributed by atoms with Gasteiger partial charge in [-0.25, -0.2) is 9.48 Å². The molecule has 0 bridgehead atoms. The lowest BCUT2D eigenvalue weighted by Crippen LogP contribution is -2.03. The van der Waals surface area contributed by atoms with Gasteiger partial charge in [0.15, 0.2) is 0 Å². The van der Waals surface area contributed by atoms with Gasteiger partial charge in [0.1, 0.15) is 17.8 Å². The molecule has 0 fully saturated rings. The fourth-order valence-electron chi connectivity index (χ4n) is 1.63. The van der Waals surface area contributed by atoms with Gasteiger partial charge in [-0.1, -0.05) is 0 Å². The monoisotopic (exact) mass is 282 g/mol. The third-order valence-electron chi connectivity index (χ3n) is 2.60. The van der Waals surface area contributed by atoms with E-state index in [1.807, 2.05) is 0 Å². The summed E-state index contributed by atoms with van der Waals surface area (Å²) < 4.78 is 11.7. The van der Waals surface area contributed by atoms with Crippen LogP contribution in [-0.4, -0.2) is 26.2 Å². The Bertz CT molecular complexity index is 731. The summed E-state index contributed by atoms with van der Waals surface area (Å²) >= 11 is 0. The van der Waals surface area contributed by atoms with Crippen LogP contribution in [0.1, 0.15) is 5.76 Å². The lowest BCUT2D eigenvalue weighted by molar-refractivity contribution is -0.128. The van der Waals surface area contributed by atoms with E-state index < -0.39 is 5.97 Å². The first kappa shape index (κ1) is 12.8. The quantitative estimate of drug-likeness (QED) is 0.412. The summed E-state index contributed by atoms with van der Waals surface area (Å²) in [4.78, 5) is 11.6. The molecule has 0 aliphatic carbocycles. The number of hydrogen-bond donors (Lipinski definition) is 0. The molecule has 104 valence electrons. The second-order valence-electron chi connectivity index (χ2n) is 4.02. The number of carbonyl (C=O) groups is 1. The molecule has 21 heavy (non-hydrogen) atoms. The number of ether oxygens (including phenoxy) is 1. The van der Waals surface area contributed by atoms with Gasteiger partial charge >= 0.3 is 5.97 Å². The van der Waals surface area contributed by atoms with Crippen LogP contribution in [0.25, 0.3) is 11.8 Å². The van der Waals surface area contributed by atoms with E-state index in [1.165, 1.54) is 29.4 Å². The van der Waals surface area contributed by atoms with E-state index in [0.717, 1.165) is 5.69 Å².